The summed E-state index contributed by atoms with van der Waals surface area (Å²) in [6.45, 7) is 8.77. The Bertz CT molecular complexity index is 795. The molecule has 0 aliphatic rings. The summed E-state index contributed by atoms with van der Waals surface area (Å²) in [4.78, 5) is 27.3. The van der Waals surface area contributed by atoms with Crippen molar-refractivity contribution in [2.24, 2.45) is 0 Å². The molecule has 1 atom stereocenters. The summed E-state index contributed by atoms with van der Waals surface area (Å²) < 4.78 is 0. The Morgan fingerprint density at radius 3 is 2.07 bits per heavy atom. The van der Waals surface area contributed by atoms with Gasteiger partial charge in [0.15, 0.2) is 0 Å². The van der Waals surface area contributed by atoms with E-state index in [1.807, 2.05) is 38.1 Å². The van der Waals surface area contributed by atoms with Crippen LogP contribution in [0.1, 0.15) is 61.8 Å². The summed E-state index contributed by atoms with van der Waals surface area (Å²) in [5.41, 5.74) is 4.65. The van der Waals surface area contributed by atoms with Gasteiger partial charge in [-0.05, 0) is 42.4 Å². The van der Waals surface area contributed by atoms with Crippen LogP contribution in [0, 0.1) is 6.92 Å². The third-order valence-electron chi connectivity index (χ3n) is 5.38. The molecule has 0 aliphatic heterocycles. The third-order valence-corrected chi connectivity index (χ3v) is 5.38. The van der Waals surface area contributed by atoms with E-state index in [9.17, 15) is 9.59 Å². The highest BCUT2D eigenvalue weighted by Crippen LogP contribution is 2.18. The lowest BCUT2D eigenvalue weighted by Crippen LogP contribution is -2.48. The Hall–Kier alpha value is -2.62. The number of nitrogens with zero attached hydrogens (tertiary/aromatic N) is 1. The van der Waals surface area contributed by atoms with Gasteiger partial charge >= 0.3 is 0 Å². The van der Waals surface area contributed by atoms with Gasteiger partial charge in [-0.15, -0.1) is 0 Å². The molecule has 156 valence electrons. The van der Waals surface area contributed by atoms with E-state index in [0.29, 0.717) is 31.7 Å². The second-order valence-corrected chi connectivity index (χ2v) is 7.94. The topological polar surface area (TPSA) is 49.4 Å². The maximum atomic E-state index is 13.1. The summed E-state index contributed by atoms with van der Waals surface area (Å²) in [5.74, 6) is 0.386. The molecule has 2 rings (SSSR count). The van der Waals surface area contributed by atoms with E-state index in [-0.39, 0.29) is 11.8 Å². The predicted octanol–water partition coefficient (Wildman–Crippen LogP) is 4.60. The van der Waals surface area contributed by atoms with Crippen molar-refractivity contribution in [1.29, 1.82) is 0 Å². The Morgan fingerprint density at radius 2 is 1.55 bits per heavy atom. The van der Waals surface area contributed by atoms with E-state index >= 15 is 0 Å². The summed E-state index contributed by atoms with van der Waals surface area (Å²) in [6.07, 6.45) is 1.65. The average Bonchev–Trinajstić information content (AvgIpc) is 2.73. The number of hydrogen-bond donors (Lipinski definition) is 1. The summed E-state index contributed by atoms with van der Waals surface area (Å²) in [7, 11) is 1.62. The van der Waals surface area contributed by atoms with Crippen LogP contribution < -0.4 is 5.32 Å². The first kappa shape index (κ1) is 22.7. The van der Waals surface area contributed by atoms with Gasteiger partial charge < -0.3 is 10.2 Å². The highest BCUT2D eigenvalue weighted by Gasteiger charge is 2.27. The van der Waals surface area contributed by atoms with Crippen LogP contribution in [-0.2, 0) is 22.6 Å². The SMILES string of the molecule is CC[C@@H](C(=O)NC)N(Cc1ccc(C)cc1)C(=O)CCc1ccc(C(C)C)cc1. The molecule has 0 saturated carbocycles. The van der Waals surface area contributed by atoms with Crippen LogP contribution in [0.2, 0.25) is 0 Å². The second-order valence-electron chi connectivity index (χ2n) is 7.94. The largest absolute Gasteiger partial charge is 0.357 e. The van der Waals surface area contributed by atoms with E-state index in [2.05, 4.69) is 43.4 Å². The lowest BCUT2D eigenvalue weighted by molar-refractivity contribution is -0.141. The van der Waals surface area contributed by atoms with Crippen molar-refractivity contribution in [2.45, 2.75) is 65.5 Å². The van der Waals surface area contributed by atoms with Crippen LogP contribution in [-0.4, -0.2) is 29.8 Å². The predicted molar refractivity (Wildman–Crippen MR) is 119 cm³/mol. The standard InChI is InChI=1S/C25H34N2O2/c1-6-23(25(29)26-5)27(17-21-9-7-19(4)8-10-21)24(28)16-13-20-11-14-22(15-12-20)18(2)3/h7-12,14-15,18,23H,6,13,16-17H2,1-5H3,(H,26,29)/t23-/m0/s1. The van der Waals surface area contributed by atoms with Gasteiger partial charge in [-0.25, -0.2) is 0 Å². The van der Waals surface area contributed by atoms with E-state index < -0.39 is 6.04 Å². The maximum absolute atomic E-state index is 13.1. The maximum Gasteiger partial charge on any atom is 0.242 e. The Kier molecular flexibility index (Phi) is 8.44. The number of amides is 2. The van der Waals surface area contributed by atoms with Gasteiger partial charge in [-0.1, -0.05) is 74.9 Å². The molecule has 2 aromatic rings. The zero-order chi connectivity index (χ0) is 21.4. The molecular weight excluding hydrogens is 360 g/mol. The number of carbonyl (C=O) groups is 2. The lowest BCUT2D eigenvalue weighted by atomic mass is 10.00. The van der Waals surface area contributed by atoms with Crippen molar-refractivity contribution in [2.75, 3.05) is 7.05 Å². The van der Waals surface area contributed by atoms with Gasteiger partial charge in [-0.3, -0.25) is 9.59 Å². The molecule has 0 unspecified atom stereocenters. The number of nitrogens with one attached hydrogen (secondary N) is 1. The van der Waals surface area contributed by atoms with Crippen molar-refractivity contribution in [1.82, 2.24) is 10.2 Å². The lowest BCUT2D eigenvalue weighted by Gasteiger charge is -2.30. The molecule has 0 spiro atoms. The molecule has 2 amide bonds. The number of likely N-dealkylation sites (N-methyl/N-ethyl adjacent to an activating group) is 1. The van der Waals surface area contributed by atoms with Crippen LogP contribution in [0.4, 0.5) is 0 Å². The molecular formula is C25H34N2O2. The fraction of sp³-hybridized carbons (Fsp3) is 0.440. The van der Waals surface area contributed by atoms with Crippen molar-refractivity contribution in [3.63, 3.8) is 0 Å². The quantitative estimate of drug-likeness (QED) is 0.675. The minimum Gasteiger partial charge on any atom is -0.357 e. The molecule has 0 saturated heterocycles. The smallest absolute Gasteiger partial charge is 0.242 e. The van der Waals surface area contributed by atoms with Gasteiger partial charge in [0, 0.05) is 20.0 Å². The zero-order valence-corrected chi connectivity index (χ0v) is 18.4. The molecule has 0 aliphatic carbocycles. The fourth-order valence-corrected chi connectivity index (χ4v) is 3.44. The van der Waals surface area contributed by atoms with Crippen LogP contribution in [0.5, 0.6) is 0 Å². The third kappa shape index (κ3) is 6.45. The summed E-state index contributed by atoms with van der Waals surface area (Å²) >= 11 is 0. The van der Waals surface area contributed by atoms with Gasteiger partial charge in [0.25, 0.3) is 0 Å². The van der Waals surface area contributed by atoms with E-state index in [4.69, 9.17) is 0 Å². The number of benzene rings is 2. The normalized spacial score (nSPS) is 11.9. The monoisotopic (exact) mass is 394 g/mol. The molecule has 1 N–H and O–H groups in total. The number of aryl methyl sites for hydroxylation is 2. The Balaban J connectivity index is 2.14. The van der Waals surface area contributed by atoms with E-state index in [1.165, 1.54) is 11.1 Å². The molecule has 0 aromatic heterocycles. The van der Waals surface area contributed by atoms with Crippen LogP contribution in [0.3, 0.4) is 0 Å². The average molecular weight is 395 g/mol. The van der Waals surface area contributed by atoms with Crippen molar-refractivity contribution in [3.8, 4) is 0 Å². The van der Waals surface area contributed by atoms with Crippen LogP contribution in [0.25, 0.3) is 0 Å². The number of hydrogen-bond acceptors (Lipinski definition) is 2. The molecule has 2 aromatic carbocycles. The number of rotatable bonds is 9. The summed E-state index contributed by atoms with van der Waals surface area (Å²) in [6, 6.07) is 16.1. The van der Waals surface area contributed by atoms with Gasteiger partial charge in [0.1, 0.15) is 6.04 Å². The van der Waals surface area contributed by atoms with Crippen molar-refractivity contribution < 1.29 is 9.59 Å². The second kappa shape index (κ2) is 10.8. The first-order valence-electron chi connectivity index (χ1n) is 10.5. The fourth-order valence-electron chi connectivity index (χ4n) is 3.44. The summed E-state index contributed by atoms with van der Waals surface area (Å²) in [5, 5.41) is 2.70. The van der Waals surface area contributed by atoms with E-state index in [1.54, 1.807) is 11.9 Å². The highest BCUT2D eigenvalue weighted by atomic mass is 16.2. The molecule has 0 radical (unpaired) electrons. The first-order valence-corrected chi connectivity index (χ1v) is 10.5. The van der Waals surface area contributed by atoms with Crippen molar-refractivity contribution >= 4 is 11.8 Å². The van der Waals surface area contributed by atoms with Gasteiger partial charge in [0.2, 0.25) is 11.8 Å². The van der Waals surface area contributed by atoms with Crippen molar-refractivity contribution in [3.05, 3.63) is 70.8 Å². The van der Waals surface area contributed by atoms with Crippen LogP contribution in [0.15, 0.2) is 48.5 Å². The molecule has 0 heterocycles. The molecule has 0 fully saturated rings. The minimum atomic E-state index is -0.461. The molecule has 0 bridgehead atoms. The van der Waals surface area contributed by atoms with Crippen LogP contribution >= 0.6 is 0 Å². The number of carbonyl (C=O) groups excluding carboxylic acids is 2. The molecule has 29 heavy (non-hydrogen) atoms. The highest BCUT2D eigenvalue weighted by molar-refractivity contribution is 5.87. The minimum absolute atomic E-state index is 0.00830. The molecule has 4 nitrogen and oxygen atoms in total. The zero-order valence-electron chi connectivity index (χ0n) is 18.4. The van der Waals surface area contributed by atoms with Gasteiger partial charge in [0.05, 0.1) is 0 Å². The molecule has 4 heteroatoms. The Morgan fingerprint density at radius 1 is 0.966 bits per heavy atom. The Labute approximate surface area is 175 Å². The van der Waals surface area contributed by atoms with E-state index in [0.717, 1.165) is 11.1 Å². The van der Waals surface area contributed by atoms with Gasteiger partial charge in [-0.2, -0.15) is 0 Å². The first-order chi connectivity index (χ1) is 13.8.